The zero-order valence-electron chi connectivity index (χ0n) is 6.70. The molecule has 11 heavy (non-hydrogen) atoms. The quantitative estimate of drug-likeness (QED) is 0.605. The SMILES string of the molecule is CC(N)C(=O)CC(C)C(=O)O. The summed E-state index contributed by atoms with van der Waals surface area (Å²) >= 11 is 0. The van der Waals surface area contributed by atoms with Gasteiger partial charge < -0.3 is 10.8 Å². The number of carbonyl (C=O) groups is 2. The predicted molar refractivity (Wildman–Crippen MR) is 40.1 cm³/mol. The van der Waals surface area contributed by atoms with E-state index >= 15 is 0 Å². The Morgan fingerprint density at radius 1 is 1.45 bits per heavy atom. The van der Waals surface area contributed by atoms with E-state index in [0.717, 1.165) is 0 Å². The van der Waals surface area contributed by atoms with E-state index in [9.17, 15) is 9.59 Å². The first-order chi connectivity index (χ1) is 4.95. The van der Waals surface area contributed by atoms with Gasteiger partial charge in [-0.05, 0) is 6.92 Å². The van der Waals surface area contributed by atoms with Crippen LogP contribution in [0.5, 0.6) is 0 Å². The normalized spacial score (nSPS) is 15.5. The summed E-state index contributed by atoms with van der Waals surface area (Å²) in [4.78, 5) is 21.1. The molecule has 0 spiro atoms. The van der Waals surface area contributed by atoms with E-state index in [4.69, 9.17) is 10.8 Å². The Morgan fingerprint density at radius 2 is 1.91 bits per heavy atom. The minimum Gasteiger partial charge on any atom is -0.481 e. The van der Waals surface area contributed by atoms with Crippen LogP contribution < -0.4 is 5.73 Å². The van der Waals surface area contributed by atoms with Gasteiger partial charge in [0.2, 0.25) is 0 Å². The van der Waals surface area contributed by atoms with E-state index in [2.05, 4.69) is 0 Å². The summed E-state index contributed by atoms with van der Waals surface area (Å²) < 4.78 is 0. The number of carbonyl (C=O) groups excluding carboxylic acids is 1. The van der Waals surface area contributed by atoms with Gasteiger partial charge in [0, 0.05) is 6.42 Å². The van der Waals surface area contributed by atoms with Crippen LogP contribution in [-0.2, 0) is 9.59 Å². The largest absolute Gasteiger partial charge is 0.481 e. The number of carboxylic acid groups (broad SMARTS) is 1. The standard InChI is InChI=1S/C7H13NO3/c1-4(7(10)11)3-6(9)5(2)8/h4-5H,3,8H2,1-2H3,(H,10,11). The first-order valence-electron chi connectivity index (χ1n) is 3.46. The highest BCUT2D eigenvalue weighted by Crippen LogP contribution is 2.03. The zero-order chi connectivity index (χ0) is 9.02. The van der Waals surface area contributed by atoms with Crippen LogP contribution in [0.2, 0.25) is 0 Å². The van der Waals surface area contributed by atoms with Crippen molar-refractivity contribution < 1.29 is 14.7 Å². The van der Waals surface area contributed by atoms with Crippen LogP contribution in [0.3, 0.4) is 0 Å². The van der Waals surface area contributed by atoms with Crippen LogP contribution >= 0.6 is 0 Å². The zero-order valence-corrected chi connectivity index (χ0v) is 6.70. The summed E-state index contributed by atoms with van der Waals surface area (Å²) in [6, 6.07) is -0.559. The number of hydrogen-bond acceptors (Lipinski definition) is 3. The van der Waals surface area contributed by atoms with Crippen molar-refractivity contribution in [3.8, 4) is 0 Å². The molecule has 0 radical (unpaired) electrons. The molecule has 0 heterocycles. The van der Waals surface area contributed by atoms with Crippen molar-refractivity contribution in [2.24, 2.45) is 11.7 Å². The maximum atomic E-state index is 10.9. The molecule has 0 saturated carbocycles. The maximum Gasteiger partial charge on any atom is 0.306 e. The molecule has 4 heteroatoms. The highest BCUT2D eigenvalue weighted by atomic mass is 16.4. The molecule has 0 aliphatic rings. The molecule has 0 bridgehead atoms. The lowest BCUT2D eigenvalue weighted by Gasteiger charge is -2.06. The van der Waals surface area contributed by atoms with Crippen molar-refractivity contribution in [2.45, 2.75) is 26.3 Å². The topological polar surface area (TPSA) is 80.4 Å². The lowest BCUT2D eigenvalue weighted by molar-refractivity contribution is -0.143. The number of rotatable bonds is 4. The average molecular weight is 159 g/mol. The maximum absolute atomic E-state index is 10.9. The monoisotopic (exact) mass is 159 g/mol. The molecule has 0 fully saturated rings. The van der Waals surface area contributed by atoms with E-state index in [1.807, 2.05) is 0 Å². The van der Waals surface area contributed by atoms with Crippen molar-refractivity contribution >= 4 is 11.8 Å². The van der Waals surface area contributed by atoms with Crippen LogP contribution in [0.15, 0.2) is 0 Å². The third-order valence-corrected chi connectivity index (χ3v) is 1.44. The van der Waals surface area contributed by atoms with Crippen molar-refractivity contribution in [2.75, 3.05) is 0 Å². The van der Waals surface area contributed by atoms with E-state index in [-0.39, 0.29) is 12.2 Å². The lowest BCUT2D eigenvalue weighted by Crippen LogP contribution is -2.29. The number of nitrogens with two attached hydrogens (primary N) is 1. The van der Waals surface area contributed by atoms with E-state index < -0.39 is 17.9 Å². The van der Waals surface area contributed by atoms with Crippen LogP contribution in [0.25, 0.3) is 0 Å². The van der Waals surface area contributed by atoms with Gasteiger partial charge in [-0.25, -0.2) is 0 Å². The average Bonchev–Trinajstić information content (AvgIpc) is 1.87. The van der Waals surface area contributed by atoms with Gasteiger partial charge in [-0.3, -0.25) is 9.59 Å². The van der Waals surface area contributed by atoms with Crippen LogP contribution in [0.4, 0.5) is 0 Å². The summed E-state index contributed by atoms with van der Waals surface area (Å²) in [7, 11) is 0. The molecule has 2 unspecified atom stereocenters. The molecule has 64 valence electrons. The first-order valence-corrected chi connectivity index (χ1v) is 3.46. The Bertz CT molecular complexity index is 165. The minimum atomic E-state index is -0.959. The molecule has 0 rings (SSSR count). The molecule has 0 aromatic heterocycles. The Labute approximate surface area is 65.4 Å². The molecule has 4 nitrogen and oxygen atoms in total. The minimum absolute atomic E-state index is 0.0208. The molecule has 0 saturated heterocycles. The molecule has 2 atom stereocenters. The van der Waals surface area contributed by atoms with Crippen molar-refractivity contribution in [1.29, 1.82) is 0 Å². The molecule has 3 N–H and O–H groups in total. The van der Waals surface area contributed by atoms with Crippen LogP contribution in [0, 0.1) is 5.92 Å². The third-order valence-electron chi connectivity index (χ3n) is 1.44. The Morgan fingerprint density at radius 3 is 2.18 bits per heavy atom. The fourth-order valence-corrected chi connectivity index (χ4v) is 0.575. The van der Waals surface area contributed by atoms with Gasteiger partial charge in [-0.15, -0.1) is 0 Å². The summed E-state index contributed by atoms with van der Waals surface area (Å²) in [5.74, 6) is -1.80. The number of aliphatic carboxylic acids is 1. The van der Waals surface area contributed by atoms with Gasteiger partial charge in [0.25, 0.3) is 0 Å². The van der Waals surface area contributed by atoms with Crippen molar-refractivity contribution in [3.63, 3.8) is 0 Å². The summed E-state index contributed by atoms with van der Waals surface area (Å²) in [6.45, 7) is 3.04. The highest BCUT2D eigenvalue weighted by Gasteiger charge is 2.17. The molecule has 0 aromatic carbocycles. The van der Waals surface area contributed by atoms with Gasteiger partial charge >= 0.3 is 5.97 Å². The second kappa shape index (κ2) is 4.08. The summed E-state index contributed by atoms with van der Waals surface area (Å²) in [5.41, 5.74) is 5.24. The number of carboxylic acids is 1. The molecular formula is C7H13NO3. The number of Topliss-reactive ketones (excluding diaryl/α,β-unsaturated/α-hetero) is 1. The van der Waals surface area contributed by atoms with Gasteiger partial charge in [-0.2, -0.15) is 0 Å². The fraction of sp³-hybridized carbons (Fsp3) is 0.714. The third kappa shape index (κ3) is 3.72. The van der Waals surface area contributed by atoms with E-state index in [1.54, 1.807) is 6.92 Å². The summed E-state index contributed by atoms with van der Waals surface area (Å²) in [6.07, 6.45) is 0.0208. The molecule has 0 aliphatic heterocycles. The highest BCUT2D eigenvalue weighted by molar-refractivity contribution is 5.87. The Balaban J connectivity index is 3.85. The summed E-state index contributed by atoms with van der Waals surface area (Å²) in [5, 5.41) is 8.42. The lowest BCUT2D eigenvalue weighted by atomic mass is 10.0. The van der Waals surface area contributed by atoms with Gasteiger partial charge in [0.1, 0.15) is 5.78 Å². The van der Waals surface area contributed by atoms with Gasteiger partial charge in [-0.1, -0.05) is 6.92 Å². The van der Waals surface area contributed by atoms with Crippen molar-refractivity contribution in [3.05, 3.63) is 0 Å². The van der Waals surface area contributed by atoms with Crippen LogP contribution in [-0.4, -0.2) is 22.9 Å². The first kappa shape index (κ1) is 10.1. The van der Waals surface area contributed by atoms with Gasteiger partial charge in [0.15, 0.2) is 0 Å². The molecular weight excluding hydrogens is 146 g/mol. The molecule has 0 amide bonds. The molecule has 0 aromatic rings. The Kier molecular flexibility index (Phi) is 3.74. The fourth-order valence-electron chi connectivity index (χ4n) is 0.575. The number of ketones is 1. The van der Waals surface area contributed by atoms with E-state index in [1.165, 1.54) is 6.92 Å². The second-order valence-corrected chi connectivity index (χ2v) is 2.70. The predicted octanol–water partition coefficient (Wildman–Crippen LogP) is 0.0135. The van der Waals surface area contributed by atoms with Crippen LogP contribution in [0.1, 0.15) is 20.3 Å². The van der Waals surface area contributed by atoms with Crippen molar-refractivity contribution in [1.82, 2.24) is 0 Å². The Hall–Kier alpha value is -0.900. The molecule has 0 aliphatic carbocycles. The van der Waals surface area contributed by atoms with E-state index in [0.29, 0.717) is 0 Å². The van der Waals surface area contributed by atoms with Gasteiger partial charge in [0.05, 0.1) is 12.0 Å². The smallest absolute Gasteiger partial charge is 0.306 e. The second-order valence-electron chi connectivity index (χ2n) is 2.70. The number of hydrogen-bond donors (Lipinski definition) is 2.